The van der Waals surface area contributed by atoms with Crippen molar-refractivity contribution in [1.29, 1.82) is 0 Å². The van der Waals surface area contributed by atoms with Crippen LogP contribution in [0.2, 0.25) is 0 Å². The molecule has 1 atom stereocenters. The van der Waals surface area contributed by atoms with E-state index in [0.717, 1.165) is 31.5 Å². The molecule has 5 rings (SSSR count). The van der Waals surface area contributed by atoms with Crippen molar-refractivity contribution in [2.45, 2.75) is 42.1 Å². The molecule has 6 nitrogen and oxygen atoms in total. The summed E-state index contributed by atoms with van der Waals surface area (Å²) in [5.41, 5.74) is -4.40. The van der Waals surface area contributed by atoms with E-state index in [1.165, 1.54) is 31.0 Å². The molecular formula is C30H29ClF3NO5S. The first-order chi connectivity index (χ1) is 19.1. The van der Waals surface area contributed by atoms with Crippen molar-refractivity contribution in [3.63, 3.8) is 0 Å². The molecule has 1 unspecified atom stereocenters. The Morgan fingerprint density at radius 1 is 0.902 bits per heavy atom. The quantitative estimate of drug-likeness (QED) is 0.214. The highest BCUT2D eigenvalue weighted by molar-refractivity contribution is 7.92. The van der Waals surface area contributed by atoms with Gasteiger partial charge in [-0.3, -0.25) is 0 Å². The molecular weight excluding hydrogens is 579 g/mol. The van der Waals surface area contributed by atoms with Gasteiger partial charge in [-0.05, 0) is 97.4 Å². The summed E-state index contributed by atoms with van der Waals surface area (Å²) in [6.07, 6.45) is 4.52. The summed E-state index contributed by atoms with van der Waals surface area (Å²) in [6.45, 7) is 1.64. The largest absolute Gasteiger partial charge is 0.508 e. The first kappa shape index (κ1) is 30.5. The Morgan fingerprint density at radius 2 is 1.61 bits per heavy atom. The number of hydrogen-bond donors (Lipinski definition) is 2. The Kier molecular flexibility index (Phi) is 9.36. The fourth-order valence-corrected chi connectivity index (χ4v) is 5.55. The third kappa shape index (κ3) is 6.89. The molecule has 0 amide bonds. The number of nitrogens with one attached hydrogen (secondary N) is 1. The highest BCUT2D eigenvalue weighted by Gasteiger charge is 2.46. The van der Waals surface area contributed by atoms with Crippen molar-refractivity contribution in [3.8, 4) is 34.1 Å². The van der Waals surface area contributed by atoms with E-state index < -0.39 is 20.2 Å². The maximum Gasteiger partial charge on any atom is 0.501 e. The third-order valence-corrected chi connectivity index (χ3v) is 8.43. The summed E-state index contributed by atoms with van der Waals surface area (Å²) >= 11 is 0. The lowest BCUT2D eigenvalue weighted by Crippen LogP contribution is -2.35. The van der Waals surface area contributed by atoms with Crippen LogP contribution in [-0.2, 0) is 9.84 Å². The number of hydrogen-bond acceptors (Lipinski definition) is 6. The SMILES string of the molecule is Cl.O=S(=O)(c1ccc(-c2ccc3cc(O)ccc3c2Oc2ccc(OCCC3CCCCN3)cc2)cc1)C(F)(F)F. The molecule has 1 saturated heterocycles. The highest BCUT2D eigenvalue weighted by atomic mass is 35.5. The summed E-state index contributed by atoms with van der Waals surface area (Å²) in [4.78, 5) is -0.841. The molecule has 2 N–H and O–H groups in total. The Balaban J connectivity index is 0.00000387. The fraction of sp³-hybridized carbons (Fsp3) is 0.267. The number of rotatable bonds is 8. The number of aromatic hydroxyl groups is 1. The monoisotopic (exact) mass is 607 g/mol. The van der Waals surface area contributed by atoms with E-state index in [2.05, 4.69) is 5.32 Å². The van der Waals surface area contributed by atoms with Crippen LogP contribution in [0.25, 0.3) is 21.9 Å². The van der Waals surface area contributed by atoms with Crippen molar-refractivity contribution in [1.82, 2.24) is 5.32 Å². The second-order valence-electron chi connectivity index (χ2n) is 9.68. The first-order valence-electron chi connectivity index (χ1n) is 12.9. The number of alkyl halides is 3. The third-order valence-electron chi connectivity index (χ3n) is 6.93. The number of benzene rings is 4. The fourth-order valence-electron chi connectivity index (χ4n) is 4.78. The smallest absolute Gasteiger partial charge is 0.501 e. The maximum absolute atomic E-state index is 13.0. The second kappa shape index (κ2) is 12.6. The van der Waals surface area contributed by atoms with Crippen molar-refractivity contribution in [2.24, 2.45) is 0 Å². The van der Waals surface area contributed by atoms with Gasteiger partial charge >= 0.3 is 5.51 Å². The van der Waals surface area contributed by atoms with E-state index in [4.69, 9.17) is 9.47 Å². The lowest BCUT2D eigenvalue weighted by molar-refractivity contribution is -0.0436. The van der Waals surface area contributed by atoms with Crippen LogP contribution < -0.4 is 14.8 Å². The van der Waals surface area contributed by atoms with Crippen molar-refractivity contribution >= 4 is 33.0 Å². The van der Waals surface area contributed by atoms with E-state index in [1.54, 1.807) is 48.5 Å². The zero-order valence-electron chi connectivity index (χ0n) is 21.9. The van der Waals surface area contributed by atoms with Crippen LogP contribution >= 0.6 is 12.4 Å². The van der Waals surface area contributed by atoms with Gasteiger partial charge in [-0.2, -0.15) is 13.2 Å². The van der Waals surface area contributed by atoms with E-state index in [0.29, 0.717) is 51.8 Å². The van der Waals surface area contributed by atoms with Crippen molar-refractivity contribution in [3.05, 3.63) is 78.9 Å². The summed E-state index contributed by atoms with van der Waals surface area (Å²) in [5, 5.41) is 14.8. The zero-order chi connectivity index (χ0) is 28.3. The Hall–Kier alpha value is -3.47. The average Bonchev–Trinajstić information content (AvgIpc) is 2.94. The number of sulfone groups is 1. The Morgan fingerprint density at radius 3 is 2.27 bits per heavy atom. The molecule has 0 aromatic heterocycles. The molecule has 0 aliphatic carbocycles. The van der Waals surface area contributed by atoms with Crippen molar-refractivity contribution < 1.29 is 36.2 Å². The maximum atomic E-state index is 13.0. The van der Waals surface area contributed by atoms with Crippen LogP contribution in [0.3, 0.4) is 0 Å². The van der Waals surface area contributed by atoms with Gasteiger partial charge in [0, 0.05) is 17.0 Å². The second-order valence-corrected chi connectivity index (χ2v) is 11.6. The van der Waals surface area contributed by atoms with Gasteiger partial charge in [0.25, 0.3) is 9.84 Å². The number of halogens is 4. The minimum atomic E-state index is -5.47. The van der Waals surface area contributed by atoms with Gasteiger partial charge in [0.2, 0.25) is 0 Å². The van der Waals surface area contributed by atoms with Crippen LogP contribution in [0.4, 0.5) is 13.2 Å². The lowest BCUT2D eigenvalue weighted by atomic mass is 9.99. The average molecular weight is 608 g/mol. The minimum Gasteiger partial charge on any atom is -0.508 e. The predicted octanol–water partition coefficient (Wildman–Crippen LogP) is 7.63. The molecule has 4 aromatic rings. The number of phenolic OH excluding ortho intramolecular Hbond substituents is 1. The van der Waals surface area contributed by atoms with Gasteiger partial charge in [-0.1, -0.05) is 24.6 Å². The summed E-state index contributed by atoms with van der Waals surface area (Å²) in [5.74, 6) is 1.67. The molecule has 11 heteroatoms. The van der Waals surface area contributed by atoms with Gasteiger partial charge in [0.1, 0.15) is 23.0 Å². The minimum absolute atomic E-state index is 0. The number of fused-ring (bicyclic) bond motifs is 1. The van der Waals surface area contributed by atoms with E-state index in [9.17, 15) is 26.7 Å². The number of ether oxygens (including phenoxy) is 2. The molecule has 4 aromatic carbocycles. The molecule has 1 heterocycles. The molecule has 41 heavy (non-hydrogen) atoms. The van der Waals surface area contributed by atoms with E-state index in [1.807, 2.05) is 0 Å². The van der Waals surface area contributed by atoms with E-state index in [-0.39, 0.29) is 18.2 Å². The summed E-state index contributed by atoms with van der Waals surface area (Å²) in [7, 11) is -5.47. The Labute approximate surface area is 242 Å². The first-order valence-corrected chi connectivity index (χ1v) is 14.4. The van der Waals surface area contributed by atoms with Crippen LogP contribution in [0, 0.1) is 0 Å². The van der Waals surface area contributed by atoms with Gasteiger partial charge in [0.05, 0.1) is 11.5 Å². The van der Waals surface area contributed by atoms with Gasteiger partial charge in [-0.15, -0.1) is 12.4 Å². The zero-order valence-corrected chi connectivity index (χ0v) is 23.5. The molecule has 0 bridgehead atoms. The van der Waals surface area contributed by atoms with Crippen LogP contribution in [0.1, 0.15) is 25.7 Å². The standard InChI is InChI=1S/C30H28F3NO5S.ClH/c31-30(32,33)40(36,37)26-12-4-20(5-13-26)27-14-6-21-19-23(35)7-15-28(21)29(27)39-25-10-8-24(9-11-25)38-18-16-22-3-1-2-17-34-22;/h4-15,19,22,34-35H,1-3,16-18H2;1H. The molecule has 218 valence electrons. The van der Waals surface area contributed by atoms with Gasteiger partial charge in [-0.25, -0.2) is 8.42 Å². The Bertz CT molecular complexity index is 1590. The number of piperidine rings is 1. The molecule has 0 radical (unpaired) electrons. The molecule has 1 fully saturated rings. The topological polar surface area (TPSA) is 84.9 Å². The molecule has 0 spiro atoms. The summed E-state index contributed by atoms with van der Waals surface area (Å²) < 4.78 is 74.8. The van der Waals surface area contributed by atoms with Gasteiger partial charge < -0.3 is 19.9 Å². The van der Waals surface area contributed by atoms with Crippen molar-refractivity contribution in [2.75, 3.05) is 13.2 Å². The number of phenols is 1. The van der Waals surface area contributed by atoms with Crippen LogP contribution in [0.15, 0.2) is 83.8 Å². The van der Waals surface area contributed by atoms with Crippen LogP contribution in [0.5, 0.6) is 23.0 Å². The van der Waals surface area contributed by atoms with Gasteiger partial charge in [0.15, 0.2) is 0 Å². The highest BCUT2D eigenvalue weighted by Crippen LogP contribution is 2.41. The molecule has 0 saturated carbocycles. The van der Waals surface area contributed by atoms with Crippen LogP contribution in [-0.4, -0.2) is 38.2 Å². The normalized spacial score (nSPS) is 15.7. The predicted molar refractivity (Wildman–Crippen MR) is 154 cm³/mol. The summed E-state index contributed by atoms with van der Waals surface area (Å²) in [6, 6.07) is 20.3. The van der Waals surface area contributed by atoms with E-state index >= 15 is 0 Å². The molecule has 1 aliphatic rings. The lowest BCUT2D eigenvalue weighted by Gasteiger charge is -2.23. The molecule has 1 aliphatic heterocycles.